The highest BCUT2D eigenvalue weighted by molar-refractivity contribution is 14.0. The molecule has 0 atom stereocenters. The predicted molar refractivity (Wildman–Crippen MR) is 133 cm³/mol. The van der Waals surface area contributed by atoms with E-state index in [9.17, 15) is 9.50 Å². The zero-order valence-electron chi connectivity index (χ0n) is 18.2. The highest BCUT2D eigenvalue weighted by Gasteiger charge is 2.19. The molecule has 0 radical (unpaired) electrons. The molecule has 30 heavy (non-hydrogen) atoms. The molecule has 0 spiro atoms. The molecule has 0 amide bonds. The topological polar surface area (TPSA) is 59.9 Å². The standard InChI is InChI=1S/C23H37FN4O.HI/c1-2-25-23(26-13-5-8-18-6-3-4-7-18)27-17-19-9-10-22(21(24)16-19)28-14-11-20(29)12-15-28;/h9-10,16,18,20,29H,2-8,11-15,17H2,1H3,(H2,25,26,27);1H. The fourth-order valence-electron chi connectivity index (χ4n) is 4.42. The van der Waals surface area contributed by atoms with Crippen LogP contribution in [0.25, 0.3) is 0 Å². The molecular weight excluding hydrogens is 494 g/mol. The SMILES string of the molecule is CCNC(=NCc1ccc(N2CCC(O)CC2)c(F)c1)NCCCC1CCCC1.I. The fourth-order valence-corrected chi connectivity index (χ4v) is 4.42. The third-order valence-corrected chi connectivity index (χ3v) is 6.14. The van der Waals surface area contributed by atoms with Crippen LogP contribution in [0.2, 0.25) is 0 Å². The number of aliphatic imine (C=N–C) groups is 1. The molecule has 1 saturated carbocycles. The lowest BCUT2D eigenvalue weighted by molar-refractivity contribution is 0.145. The van der Waals surface area contributed by atoms with Crippen molar-refractivity contribution < 1.29 is 9.50 Å². The minimum atomic E-state index is -0.252. The molecule has 170 valence electrons. The van der Waals surface area contributed by atoms with E-state index in [2.05, 4.69) is 22.5 Å². The Morgan fingerprint density at radius 3 is 2.57 bits per heavy atom. The summed E-state index contributed by atoms with van der Waals surface area (Å²) in [5, 5.41) is 16.3. The average Bonchev–Trinajstić information content (AvgIpc) is 3.24. The number of rotatable bonds is 8. The van der Waals surface area contributed by atoms with Gasteiger partial charge in [-0.2, -0.15) is 0 Å². The number of halogens is 2. The molecule has 0 bridgehead atoms. The van der Waals surface area contributed by atoms with E-state index in [-0.39, 0.29) is 35.9 Å². The Morgan fingerprint density at radius 2 is 1.90 bits per heavy atom. The molecule has 1 aliphatic heterocycles. The van der Waals surface area contributed by atoms with Crippen LogP contribution < -0.4 is 15.5 Å². The van der Waals surface area contributed by atoms with Crippen molar-refractivity contribution in [3.63, 3.8) is 0 Å². The first-order valence-corrected chi connectivity index (χ1v) is 11.4. The number of aliphatic hydroxyl groups is 1. The normalized spacial score (nSPS) is 18.4. The summed E-state index contributed by atoms with van der Waals surface area (Å²) in [6.45, 7) is 5.64. The maximum Gasteiger partial charge on any atom is 0.191 e. The Morgan fingerprint density at radius 1 is 1.17 bits per heavy atom. The van der Waals surface area contributed by atoms with Crippen LogP contribution in [-0.2, 0) is 6.54 Å². The minimum Gasteiger partial charge on any atom is -0.393 e. The average molecular weight is 532 g/mol. The predicted octanol–water partition coefficient (Wildman–Crippen LogP) is 4.43. The third kappa shape index (κ3) is 7.87. The molecule has 7 heteroatoms. The van der Waals surface area contributed by atoms with Gasteiger partial charge in [-0.3, -0.25) is 0 Å². The zero-order chi connectivity index (χ0) is 20.5. The molecule has 1 aromatic rings. The quantitative estimate of drug-likeness (QED) is 0.201. The Balaban J connectivity index is 0.00000320. The maximum absolute atomic E-state index is 14.6. The van der Waals surface area contributed by atoms with Crippen LogP contribution in [0.3, 0.4) is 0 Å². The molecule has 1 aliphatic carbocycles. The zero-order valence-corrected chi connectivity index (χ0v) is 20.5. The summed E-state index contributed by atoms with van der Waals surface area (Å²) in [5.74, 6) is 1.51. The van der Waals surface area contributed by atoms with Crippen molar-refractivity contribution in [1.82, 2.24) is 10.6 Å². The number of hydrogen-bond donors (Lipinski definition) is 3. The molecule has 0 unspecified atom stereocenters. The van der Waals surface area contributed by atoms with Gasteiger partial charge in [0.05, 0.1) is 18.3 Å². The summed E-state index contributed by atoms with van der Waals surface area (Å²) in [6, 6.07) is 5.39. The first-order valence-electron chi connectivity index (χ1n) is 11.4. The van der Waals surface area contributed by atoms with Crippen LogP contribution in [0.1, 0.15) is 63.9 Å². The van der Waals surface area contributed by atoms with Crippen LogP contribution in [0, 0.1) is 11.7 Å². The number of hydrogen-bond acceptors (Lipinski definition) is 3. The van der Waals surface area contributed by atoms with E-state index in [1.165, 1.54) is 38.5 Å². The molecule has 1 heterocycles. The van der Waals surface area contributed by atoms with Crippen molar-refractivity contribution in [3.8, 4) is 0 Å². The van der Waals surface area contributed by atoms with Crippen LogP contribution in [0.5, 0.6) is 0 Å². The molecule has 2 aliphatic rings. The van der Waals surface area contributed by atoms with E-state index >= 15 is 0 Å². The summed E-state index contributed by atoms with van der Waals surface area (Å²) in [4.78, 5) is 6.65. The lowest BCUT2D eigenvalue weighted by Crippen LogP contribution is -2.37. The second kappa shape index (κ2) is 13.3. The van der Waals surface area contributed by atoms with Crippen LogP contribution in [0.15, 0.2) is 23.2 Å². The summed E-state index contributed by atoms with van der Waals surface area (Å²) in [6.07, 6.45) is 9.21. The van der Waals surface area contributed by atoms with E-state index in [0.29, 0.717) is 38.2 Å². The van der Waals surface area contributed by atoms with E-state index in [1.807, 2.05) is 17.0 Å². The second-order valence-electron chi connectivity index (χ2n) is 8.42. The van der Waals surface area contributed by atoms with Gasteiger partial charge in [-0.1, -0.05) is 31.7 Å². The minimum absolute atomic E-state index is 0. The molecule has 1 saturated heterocycles. The Labute approximate surface area is 197 Å². The van der Waals surface area contributed by atoms with Gasteiger partial charge in [0.2, 0.25) is 0 Å². The monoisotopic (exact) mass is 532 g/mol. The maximum atomic E-state index is 14.6. The van der Waals surface area contributed by atoms with Gasteiger partial charge >= 0.3 is 0 Å². The number of nitrogens with one attached hydrogen (secondary N) is 2. The first kappa shape index (κ1) is 25.2. The number of aliphatic hydroxyl groups excluding tert-OH is 1. The summed E-state index contributed by atoms with van der Waals surface area (Å²) in [5.41, 5.74) is 1.49. The van der Waals surface area contributed by atoms with Crippen molar-refractivity contribution in [2.75, 3.05) is 31.1 Å². The van der Waals surface area contributed by atoms with Gasteiger partial charge in [-0.05, 0) is 56.2 Å². The van der Waals surface area contributed by atoms with Crippen LogP contribution in [0.4, 0.5) is 10.1 Å². The number of guanidine groups is 1. The largest absolute Gasteiger partial charge is 0.393 e. The van der Waals surface area contributed by atoms with Gasteiger partial charge in [0, 0.05) is 26.2 Å². The van der Waals surface area contributed by atoms with Crippen molar-refractivity contribution in [2.45, 2.75) is 70.9 Å². The summed E-state index contributed by atoms with van der Waals surface area (Å²) < 4.78 is 14.6. The Kier molecular flexibility index (Phi) is 11.2. The first-order chi connectivity index (χ1) is 14.2. The molecule has 1 aromatic carbocycles. The van der Waals surface area contributed by atoms with Crippen molar-refractivity contribution in [3.05, 3.63) is 29.6 Å². The molecule has 3 rings (SSSR count). The van der Waals surface area contributed by atoms with E-state index in [0.717, 1.165) is 30.5 Å². The molecule has 2 fully saturated rings. The van der Waals surface area contributed by atoms with E-state index < -0.39 is 0 Å². The van der Waals surface area contributed by atoms with Gasteiger partial charge in [0.1, 0.15) is 5.82 Å². The van der Waals surface area contributed by atoms with Crippen LogP contribution in [-0.4, -0.2) is 43.3 Å². The molecular formula is C23H38FIN4O. The highest BCUT2D eigenvalue weighted by atomic mass is 127. The smallest absolute Gasteiger partial charge is 0.191 e. The lowest BCUT2D eigenvalue weighted by Gasteiger charge is -2.31. The number of anilines is 1. The van der Waals surface area contributed by atoms with Gasteiger partial charge < -0.3 is 20.6 Å². The molecule has 0 aromatic heterocycles. The Hall–Kier alpha value is -1.09. The number of benzene rings is 1. The Bertz CT molecular complexity index is 659. The van der Waals surface area contributed by atoms with E-state index in [1.54, 1.807) is 6.07 Å². The molecule has 3 N–H and O–H groups in total. The lowest BCUT2D eigenvalue weighted by atomic mass is 10.0. The highest BCUT2D eigenvalue weighted by Crippen LogP contribution is 2.28. The summed E-state index contributed by atoms with van der Waals surface area (Å²) >= 11 is 0. The van der Waals surface area contributed by atoms with Gasteiger partial charge in [0.15, 0.2) is 5.96 Å². The summed E-state index contributed by atoms with van der Waals surface area (Å²) in [7, 11) is 0. The number of piperidine rings is 1. The van der Waals surface area contributed by atoms with Crippen LogP contribution >= 0.6 is 24.0 Å². The van der Waals surface area contributed by atoms with Crippen molar-refractivity contribution in [1.29, 1.82) is 0 Å². The van der Waals surface area contributed by atoms with E-state index in [4.69, 9.17) is 0 Å². The molecule has 5 nitrogen and oxygen atoms in total. The number of nitrogens with zero attached hydrogens (tertiary/aromatic N) is 2. The second-order valence-corrected chi connectivity index (χ2v) is 8.42. The fraction of sp³-hybridized carbons (Fsp3) is 0.696. The van der Waals surface area contributed by atoms with Crippen molar-refractivity contribution >= 4 is 35.6 Å². The van der Waals surface area contributed by atoms with Gasteiger partial charge in [0.25, 0.3) is 0 Å². The van der Waals surface area contributed by atoms with Crippen molar-refractivity contribution in [2.24, 2.45) is 10.9 Å². The van der Waals surface area contributed by atoms with Gasteiger partial charge in [-0.15, -0.1) is 24.0 Å². The third-order valence-electron chi connectivity index (χ3n) is 6.14. The van der Waals surface area contributed by atoms with Gasteiger partial charge in [-0.25, -0.2) is 9.38 Å².